The van der Waals surface area contributed by atoms with Crippen molar-refractivity contribution in [2.45, 2.75) is 26.1 Å². The molecule has 0 fully saturated rings. The van der Waals surface area contributed by atoms with E-state index >= 15 is 0 Å². The highest BCUT2D eigenvalue weighted by atomic mass is 32.1. The number of hydrogen-bond acceptors (Lipinski definition) is 3. The highest BCUT2D eigenvalue weighted by Crippen LogP contribution is 2.38. The zero-order chi connectivity index (χ0) is 14.9. The molecular formula is C14H15F3N2S. The molecule has 2 aromatic heterocycles. The number of aryl methyl sites for hydroxylation is 2. The first-order chi connectivity index (χ1) is 9.34. The summed E-state index contributed by atoms with van der Waals surface area (Å²) in [5, 5.41) is 2.96. The summed E-state index contributed by atoms with van der Waals surface area (Å²) in [4.78, 5) is 5.82. The Kier molecular flexibility index (Phi) is 4.15. The van der Waals surface area contributed by atoms with E-state index in [-0.39, 0.29) is 5.56 Å². The highest BCUT2D eigenvalue weighted by molar-refractivity contribution is 7.12. The van der Waals surface area contributed by atoms with Crippen molar-refractivity contribution in [2.24, 2.45) is 0 Å². The van der Waals surface area contributed by atoms with Gasteiger partial charge in [0.2, 0.25) is 0 Å². The third-order valence-corrected chi connectivity index (χ3v) is 4.44. The average Bonchev–Trinajstić information content (AvgIpc) is 2.70. The van der Waals surface area contributed by atoms with E-state index in [1.807, 2.05) is 19.9 Å². The van der Waals surface area contributed by atoms with Gasteiger partial charge in [-0.1, -0.05) is 0 Å². The number of pyridine rings is 1. The summed E-state index contributed by atoms with van der Waals surface area (Å²) in [5.41, 5.74) is 0.599. The number of halogens is 3. The molecule has 1 unspecified atom stereocenters. The van der Waals surface area contributed by atoms with E-state index < -0.39 is 17.8 Å². The maximum atomic E-state index is 13.1. The summed E-state index contributed by atoms with van der Waals surface area (Å²) in [6.45, 7) is 3.92. The summed E-state index contributed by atoms with van der Waals surface area (Å²) < 4.78 is 39.3. The largest absolute Gasteiger partial charge is 0.416 e. The molecule has 0 saturated heterocycles. The summed E-state index contributed by atoms with van der Waals surface area (Å²) in [6, 6.07) is 2.44. The number of nitrogens with zero attached hydrogens (tertiary/aromatic N) is 1. The number of aromatic nitrogens is 1. The van der Waals surface area contributed by atoms with Crippen molar-refractivity contribution >= 4 is 11.3 Å². The van der Waals surface area contributed by atoms with Crippen LogP contribution in [-0.4, -0.2) is 12.0 Å². The van der Waals surface area contributed by atoms with Gasteiger partial charge in [-0.25, -0.2) is 0 Å². The topological polar surface area (TPSA) is 24.9 Å². The lowest BCUT2D eigenvalue weighted by Crippen LogP contribution is -2.21. The Hall–Kier alpha value is -1.40. The fourth-order valence-electron chi connectivity index (χ4n) is 2.09. The van der Waals surface area contributed by atoms with Gasteiger partial charge >= 0.3 is 6.18 Å². The average molecular weight is 300 g/mol. The zero-order valence-electron chi connectivity index (χ0n) is 11.4. The van der Waals surface area contributed by atoms with Crippen LogP contribution in [0.4, 0.5) is 13.2 Å². The molecule has 6 heteroatoms. The van der Waals surface area contributed by atoms with Crippen LogP contribution in [0.25, 0.3) is 0 Å². The maximum absolute atomic E-state index is 13.1. The van der Waals surface area contributed by atoms with Crippen molar-refractivity contribution in [3.63, 3.8) is 0 Å². The molecule has 1 atom stereocenters. The van der Waals surface area contributed by atoms with Gasteiger partial charge in [-0.2, -0.15) is 13.2 Å². The Balaban J connectivity index is 2.53. The minimum absolute atomic E-state index is 0.156. The lowest BCUT2D eigenvalue weighted by molar-refractivity contribution is -0.138. The molecule has 2 aromatic rings. The van der Waals surface area contributed by atoms with Crippen LogP contribution < -0.4 is 5.32 Å². The van der Waals surface area contributed by atoms with Crippen molar-refractivity contribution in [1.82, 2.24) is 10.3 Å². The van der Waals surface area contributed by atoms with Crippen LogP contribution >= 0.6 is 11.3 Å². The van der Waals surface area contributed by atoms with Crippen molar-refractivity contribution < 1.29 is 13.2 Å². The third kappa shape index (κ3) is 2.86. The summed E-state index contributed by atoms with van der Waals surface area (Å²) in [6.07, 6.45) is -1.92. The molecule has 108 valence electrons. The van der Waals surface area contributed by atoms with Crippen molar-refractivity contribution in [1.29, 1.82) is 0 Å². The molecule has 20 heavy (non-hydrogen) atoms. The van der Waals surface area contributed by atoms with E-state index in [9.17, 15) is 13.2 Å². The van der Waals surface area contributed by atoms with Crippen LogP contribution in [0.15, 0.2) is 24.5 Å². The minimum Gasteiger partial charge on any atom is -0.309 e. The van der Waals surface area contributed by atoms with Crippen LogP contribution in [0.5, 0.6) is 0 Å². The van der Waals surface area contributed by atoms with Gasteiger partial charge in [0.25, 0.3) is 0 Å². The Labute approximate surface area is 119 Å². The van der Waals surface area contributed by atoms with E-state index in [1.54, 1.807) is 7.05 Å². The smallest absolute Gasteiger partial charge is 0.309 e. The molecule has 2 heterocycles. The van der Waals surface area contributed by atoms with Crippen LogP contribution in [0, 0.1) is 13.8 Å². The lowest BCUT2D eigenvalue weighted by Gasteiger charge is -2.19. The van der Waals surface area contributed by atoms with Gasteiger partial charge in [-0.3, -0.25) is 4.98 Å². The van der Waals surface area contributed by atoms with E-state index in [4.69, 9.17) is 0 Å². The highest BCUT2D eigenvalue weighted by Gasteiger charge is 2.35. The second kappa shape index (κ2) is 5.54. The first-order valence-electron chi connectivity index (χ1n) is 6.10. The quantitative estimate of drug-likeness (QED) is 0.923. The van der Waals surface area contributed by atoms with Gasteiger partial charge in [0.1, 0.15) is 0 Å². The molecule has 1 N–H and O–H groups in total. The molecule has 0 amide bonds. The minimum atomic E-state index is -4.38. The molecule has 0 aromatic carbocycles. The second-order valence-electron chi connectivity index (χ2n) is 4.57. The van der Waals surface area contributed by atoms with Gasteiger partial charge in [0.15, 0.2) is 0 Å². The molecule has 0 spiro atoms. The van der Waals surface area contributed by atoms with Gasteiger partial charge < -0.3 is 5.32 Å². The first kappa shape index (κ1) is 15.0. The first-order valence-corrected chi connectivity index (χ1v) is 6.91. The van der Waals surface area contributed by atoms with E-state index in [0.29, 0.717) is 0 Å². The molecular weight excluding hydrogens is 285 g/mol. The van der Waals surface area contributed by atoms with Crippen LogP contribution in [0.1, 0.15) is 32.5 Å². The Morgan fingerprint density at radius 3 is 2.50 bits per heavy atom. The molecule has 0 aliphatic heterocycles. The van der Waals surface area contributed by atoms with E-state index in [1.165, 1.54) is 23.7 Å². The van der Waals surface area contributed by atoms with Gasteiger partial charge in [0.05, 0.1) is 11.6 Å². The summed E-state index contributed by atoms with van der Waals surface area (Å²) in [7, 11) is 1.65. The summed E-state index contributed by atoms with van der Waals surface area (Å²) in [5.74, 6) is 0. The van der Waals surface area contributed by atoms with Gasteiger partial charge in [-0.15, -0.1) is 11.3 Å². The Morgan fingerprint density at radius 1 is 1.30 bits per heavy atom. The second-order valence-corrected chi connectivity index (χ2v) is 5.86. The van der Waals surface area contributed by atoms with Crippen molar-refractivity contribution in [3.8, 4) is 0 Å². The monoisotopic (exact) mass is 300 g/mol. The summed E-state index contributed by atoms with van der Waals surface area (Å²) >= 11 is 1.50. The predicted octanol–water partition coefficient (Wildman–Crippen LogP) is 4.09. The van der Waals surface area contributed by atoms with Crippen molar-refractivity contribution in [2.75, 3.05) is 7.05 Å². The molecule has 2 rings (SSSR count). The lowest BCUT2D eigenvalue weighted by atomic mass is 10.0. The van der Waals surface area contributed by atoms with Crippen LogP contribution in [0.2, 0.25) is 0 Å². The third-order valence-electron chi connectivity index (χ3n) is 3.23. The zero-order valence-corrected chi connectivity index (χ0v) is 12.2. The van der Waals surface area contributed by atoms with E-state index in [0.717, 1.165) is 21.4 Å². The molecule has 0 aliphatic carbocycles. The maximum Gasteiger partial charge on any atom is 0.416 e. The standard InChI is InChI=1S/C14H15F3N2S/c1-8-6-12(20-9(8)2)13(18-3)10-7-19-5-4-11(10)14(15,16)17/h4-7,13,18H,1-3H3. The van der Waals surface area contributed by atoms with Crippen LogP contribution in [0.3, 0.4) is 0 Å². The van der Waals surface area contributed by atoms with Crippen LogP contribution in [-0.2, 0) is 6.18 Å². The molecule has 0 radical (unpaired) electrons. The number of alkyl halides is 3. The Morgan fingerprint density at radius 2 is 2.00 bits per heavy atom. The van der Waals surface area contributed by atoms with Gasteiger partial charge in [0, 0.05) is 27.7 Å². The fraction of sp³-hybridized carbons (Fsp3) is 0.357. The normalized spacial score (nSPS) is 13.5. The number of hydrogen-bond donors (Lipinski definition) is 1. The number of nitrogens with one attached hydrogen (secondary N) is 1. The van der Waals surface area contributed by atoms with Crippen molar-refractivity contribution in [3.05, 3.63) is 51.0 Å². The molecule has 2 nitrogen and oxygen atoms in total. The Bertz CT molecular complexity index is 585. The predicted molar refractivity (Wildman–Crippen MR) is 73.9 cm³/mol. The van der Waals surface area contributed by atoms with E-state index in [2.05, 4.69) is 10.3 Å². The number of rotatable bonds is 3. The SMILES string of the molecule is CNC(c1cc(C)c(C)s1)c1cnccc1C(F)(F)F. The molecule has 0 saturated carbocycles. The molecule has 0 aliphatic rings. The number of thiophene rings is 1. The fourth-order valence-corrected chi connectivity index (χ4v) is 3.26. The van der Waals surface area contributed by atoms with Gasteiger partial charge in [-0.05, 0) is 38.6 Å². The molecule has 0 bridgehead atoms.